The minimum atomic E-state index is 1.18. The van der Waals surface area contributed by atoms with Gasteiger partial charge in [-0.05, 0) is 0 Å². The van der Waals surface area contributed by atoms with Crippen molar-refractivity contribution in [1.29, 1.82) is 0 Å². The third-order valence-corrected chi connectivity index (χ3v) is 3.55. The van der Waals surface area contributed by atoms with E-state index < -0.39 is 0 Å². The third-order valence-electron chi connectivity index (χ3n) is 0.802. The van der Waals surface area contributed by atoms with E-state index in [1.807, 2.05) is 11.8 Å². The first-order chi connectivity index (χ1) is 3.39. The van der Waals surface area contributed by atoms with Gasteiger partial charge in [-0.15, -0.1) is 0 Å². The van der Waals surface area contributed by atoms with Crippen molar-refractivity contribution in [3.05, 3.63) is 0 Å². The summed E-state index contributed by atoms with van der Waals surface area (Å²) in [4.78, 5) is 0. The second-order valence-corrected chi connectivity index (χ2v) is 4.28. The summed E-state index contributed by atoms with van der Waals surface area (Å²) in [6, 6.07) is 0. The molecule has 0 aromatic heterocycles. The summed E-state index contributed by atoms with van der Waals surface area (Å²) < 4.78 is 1.51. The minimum absolute atomic E-state index is 1.18. The topological polar surface area (TPSA) is 12.0 Å². The van der Waals surface area contributed by atoms with E-state index >= 15 is 0 Å². The first kappa shape index (κ1) is 6.00. The molecule has 1 aliphatic heterocycles. The first-order valence-corrected chi connectivity index (χ1v) is 4.86. The molecule has 0 aliphatic carbocycles. The van der Waals surface area contributed by atoms with Gasteiger partial charge >= 0.3 is 58.5 Å². The van der Waals surface area contributed by atoms with Crippen molar-refractivity contribution >= 4 is 15.8 Å². The molecule has 1 N–H and O–H groups in total. The molecule has 0 bridgehead atoms. The van der Waals surface area contributed by atoms with E-state index in [2.05, 4.69) is 5.32 Å². The zero-order valence-electron chi connectivity index (χ0n) is 3.94. The summed E-state index contributed by atoms with van der Waals surface area (Å²) in [5, 5.41) is 3.31. The van der Waals surface area contributed by atoms with Crippen LogP contribution in [0.3, 0.4) is 0 Å². The van der Waals surface area contributed by atoms with Gasteiger partial charge in [0.05, 0.1) is 0 Å². The van der Waals surface area contributed by atoms with Crippen LogP contribution in [0, 0.1) is 0 Å². The van der Waals surface area contributed by atoms with Crippen molar-refractivity contribution in [3.63, 3.8) is 0 Å². The molecule has 0 spiro atoms. The van der Waals surface area contributed by atoms with Crippen LogP contribution in [0.1, 0.15) is 0 Å². The molecule has 1 rings (SSSR count). The molecule has 3 heteroatoms. The summed E-state index contributed by atoms with van der Waals surface area (Å²) in [6.45, 7) is 1.18. The van der Waals surface area contributed by atoms with E-state index in [1.165, 1.54) is 22.1 Å². The fraction of sp³-hybridized carbons (Fsp3) is 0.750. The number of thioether (sulfide) groups is 1. The molecule has 0 radical (unpaired) electrons. The van der Waals surface area contributed by atoms with Crippen molar-refractivity contribution in [2.75, 3.05) is 18.1 Å². The predicted octanol–water partition coefficient (Wildman–Crippen LogP) is -0.000500. The van der Waals surface area contributed by atoms with Crippen LogP contribution in [0.15, 0.2) is 0 Å². The Morgan fingerprint density at radius 2 is 2.57 bits per heavy atom. The normalized spacial score (nSPS) is 22.6. The molecular weight excluding hydrogens is 278 g/mol. The Morgan fingerprint density at radius 1 is 1.71 bits per heavy atom. The Morgan fingerprint density at radius 3 is 2.86 bits per heavy atom. The zero-order valence-corrected chi connectivity index (χ0v) is 7.69. The Hall–Kier alpha value is 0.868. The fourth-order valence-electron chi connectivity index (χ4n) is 0.479. The molecule has 1 aliphatic rings. The van der Waals surface area contributed by atoms with Gasteiger partial charge in [-0.1, -0.05) is 0 Å². The van der Waals surface area contributed by atoms with Gasteiger partial charge in [0, 0.05) is 0 Å². The summed E-state index contributed by atoms with van der Waals surface area (Å²) in [5.41, 5.74) is 0. The van der Waals surface area contributed by atoms with E-state index in [4.69, 9.17) is 0 Å². The third kappa shape index (κ3) is 2.07. The Bertz CT molecular complexity index is 75.8. The monoisotopic (exact) mass is 285 g/mol. The second kappa shape index (κ2) is 3.01. The van der Waals surface area contributed by atoms with E-state index in [0.29, 0.717) is 0 Å². The van der Waals surface area contributed by atoms with Crippen molar-refractivity contribution in [1.82, 2.24) is 5.32 Å². The zero-order chi connectivity index (χ0) is 5.11. The summed E-state index contributed by atoms with van der Waals surface area (Å²) >= 11 is 3.62. The van der Waals surface area contributed by atoms with Crippen LogP contribution >= 0.6 is 11.8 Å². The first-order valence-electron chi connectivity index (χ1n) is 2.24. The number of hydrogen-bond acceptors (Lipinski definition) is 2. The second-order valence-electron chi connectivity index (χ2n) is 1.40. The van der Waals surface area contributed by atoms with Gasteiger partial charge in [0.15, 0.2) is 0 Å². The Kier molecular flexibility index (Phi) is 2.58. The van der Waals surface area contributed by atoms with E-state index in [1.54, 1.807) is 19.4 Å². The Labute approximate surface area is 58.7 Å². The number of nitrogens with one attached hydrogen (secondary N) is 1. The van der Waals surface area contributed by atoms with Crippen molar-refractivity contribution < 1.29 is 19.4 Å². The molecular formula is C4H7NSW. The van der Waals surface area contributed by atoms with Gasteiger partial charge in [-0.2, -0.15) is 0 Å². The number of rotatable bonds is 0. The fourth-order valence-corrected chi connectivity index (χ4v) is 2.42. The van der Waals surface area contributed by atoms with E-state index in [0.717, 1.165) is 0 Å². The molecule has 7 heavy (non-hydrogen) atoms. The van der Waals surface area contributed by atoms with Crippen molar-refractivity contribution in [2.45, 2.75) is 0 Å². The van der Waals surface area contributed by atoms with Crippen LogP contribution in [0.5, 0.6) is 0 Å². The SMILES string of the molecule is [W]=[C]1CSCCN1. The summed E-state index contributed by atoms with van der Waals surface area (Å²) in [5.74, 6) is 2.53. The molecule has 0 saturated carbocycles. The van der Waals surface area contributed by atoms with Crippen molar-refractivity contribution in [3.8, 4) is 0 Å². The summed E-state index contributed by atoms with van der Waals surface area (Å²) in [6.07, 6.45) is 0. The molecule has 0 aromatic carbocycles. The summed E-state index contributed by atoms with van der Waals surface area (Å²) in [7, 11) is 0. The molecule has 0 atom stereocenters. The molecule has 0 aromatic rings. The van der Waals surface area contributed by atoms with Gasteiger partial charge in [0.2, 0.25) is 0 Å². The molecule has 40 valence electrons. The van der Waals surface area contributed by atoms with Crippen LogP contribution in [0.4, 0.5) is 0 Å². The predicted molar refractivity (Wildman–Crippen MR) is 30.3 cm³/mol. The quantitative estimate of drug-likeness (QED) is 0.672. The van der Waals surface area contributed by atoms with Crippen LogP contribution in [-0.4, -0.2) is 22.1 Å². The van der Waals surface area contributed by atoms with E-state index in [9.17, 15) is 0 Å². The average molecular weight is 285 g/mol. The maximum atomic E-state index is 3.31. The standard InChI is InChI=1S/C4H7NS.W/c1-3-6-4-2-5-1;/h5H,1,3-4H2;. The van der Waals surface area contributed by atoms with Crippen LogP contribution in [-0.2, 0) is 19.4 Å². The van der Waals surface area contributed by atoms with Crippen molar-refractivity contribution in [2.24, 2.45) is 0 Å². The van der Waals surface area contributed by atoms with Gasteiger partial charge < -0.3 is 0 Å². The average Bonchev–Trinajstić information content (AvgIpc) is 1.69. The maximum absolute atomic E-state index is 3.31. The molecule has 1 heterocycles. The van der Waals surface area contributed by atoms with Crippen LogP contribution < -0.4 is 5.32 Å². The molecule has 1 fully saturated rings. The van der Waals surface area contributed by atoms with Crippen LogP contribution in [0.2, 0.25) is 0 Å². The molecule has 0 amide bonds. The van der Waals surface area contributed by atoms with Gasteiger partial charge in [-0.3, -0.25) is 0 Å². The van der Waals surface area contributed by atoms with Gasteiger partial charge in [0.25, 0.3) is 0 Å². The van der Waals surface area contributed by atoms with Crippen LogP contribution in [0.25, 0.3) is 0 Å². The van der Waals surface area contributed by atoms with Gasteiger partial charge in [-0.25, -0.2) is 0 Å². The Balaban J connectivity index is 2.25. The molecule has 1 saturated heterocycles. The van der Waals surface area contributed by atoms with E-state index in [-0.39, 0.29) is 0 Å². The molecule has 1 nitrogen and oxygen atoms in total. The van der Waals surface area contributed by atoms with Gasteiger partial charge in [0.1, 0.15) is 0 Å². The molecule has 0 unspecified atom stereocenters. The number of hydrogen-bond donors (Lipinski definition) is 1.